The molecule has 19 heavy (non-hydrogen) atoms. The molecule has 0 aliphatic rings. The van der Waals surface area contributed by atoms with Crippen LogP contribution in [0.2, 0.25) is 0 Å². The molecule has 0 N–H and O–H groups in total. The van der Waals surface area contributed by atoms with Crippen LogP contribution in [0.15, 0.2) is 0 Å². The molecule has 0 unspecified atom stereocenters. The first kappa shape index (κ1) is 19.5. The van der Waals surface area contributed by atoms with Crippen LogP contribution in [0.3, 0.4) is 0 Å². The minimum Gasteiger partial charge on any atom is -0.323 e. The van der Waals surface area contributed by atoms with E-state index in [9.17, 15) is 9.13 Å². The summed E-state index contributed by atoms with van der Waals surface area (Å²) < 4.78 is 25.9. The average Bonchev–Trinajstić information content (AvgIpc) is 2.27. The Hall–Kier alpha value is 0.460. The molecule has 0 saturated heterocycles. The van der Waals surface area contributed by atoms with Gasteiger partial charge in [0.15, 0.2) is 0 Å². The Kier molecular flexibility index (Phi) is 7.64. The Morgan fingerprint density at radius 3 is 0.947 bits per heavy atom. The summed E-state index contributed by atoms with van der Waals surface area (Å²) in [4.78, 5) is 0. The summed E-state index contributed by atoms with van der Waals surface area (Å²) in [5.41, 5.74) is 0.963. The third-order valence-electron chi connectivity index (χ3n) is 4.51. The highest BCUT2D eigenvalue weighted by molar-refractivity contribution is 7.66. The Morgan fingerprint density at radius 2 is 0.789 bits per heavy atom. The highest BCUT2D eigenvalue weighted by Gasteiger charge is 2.33. The summed E-state index contributed by atoms with van der Waals surface area (Å²) in [6.07, 6.45) is 2.36. The molecule has 0 bridgehead atoms. The second kappa shape index (κ2) is 7.46. The zero-order valence-corrected chi connectivity index (χ0v) is 15.9. The van der Waals surface area contributed by atoms with Crippen LogP contribution in [0.4, 0.5) is 0 Å². The predicted octanol–water partition coefficient (Wildman–Crippen LogP) is 5.74. The maximum Gasteiger partial charge on any atom is 0.0925 e. The van der Waals surface area contributed by atoms with Crippen molar-refractivity contribution in [1.82, 2.24) is 0 Å². The lowest BCUT2D eigenvalue weighted by atomic mass is 10.5. The Morgan fingerprint density at radius 1 is 0.579 bits per heavy atom. The molecule has 0 aromatic rings. The van der Waals surface area contributed by atoms with Crippen molar-refractivity contribution in [2.75, 3.05) is 12.3 Å². The molecule has 116 valence electrons. The van der Waals surface area contributed by atoms with Crippen LogP contribution < -0.4 is 0 Å². The summed E-state index contributed by atoms with van der Waals surface area (Å²) in [5.74, 6) is 0. The fourth-order valence-electron chi connectivity index (χ4n) is 2.79. The molecular weight excluding hydrogens is 274 g/mol. The highest BCUT2D eigenvalue weighted by atomic mass is 31.2. The van der Waals surface area contributed by atoms with Crippen LogP contribution in [-0.4, -0.2) is 35.0 Å². The van der Waals surface area contributed by atoms with Crippen molar-refractivity contribution in [2.45, 2.75) is 84.4 Å². The van der Waals surface area contributed by atoms with Gasteiger partial charge in [-0.15, -0.1) is 0 Å². The fourth-order valence-corrected chi connectivity index (χ4v) is 8.80. The lowest BCUT2D eigenvalue weighted by Gasteiger charge is -2.29. The van der Waals surface area contributed by atoms with Gasteiger partial charge in [-0.05, 0) is 6.42 Å². The van der Waals surface area contributed by atoms with Crippen LogP contribution >= 0.6 is 14.3 Å². The van der Waals surface area contributed by atoms with Gasteiger partial charge < -0.3 is 9.13 Å². The summed E-state index contributed by atoms with van der Waals surface area (Å²) >= 11 is 0. The maximum absolute atomic E-state index is 12.9. The van der Waals surface area contributed by atoms with E-state index >= 15 is 0 Å². The first-order chi connectivity index (χ1) is 8.48. The van der Waals surface area contributed by atoms with Gasteiger partial charge in [0.2, 0.25) is 0 Å². The zero-order chi connectivity index (χ0) is 15.4. The third kappa shape index (κ3) is 4.75. The average molecular weight is 308 g/mol. The lowest BCUT2D eigenvalue weighted by Crippen LogP contribution is -2.15. The summed E-state index contributed by atoms with van der Waals surface area (Å²) in [7, 11) is -4.26. The van der Waals surface area contributed by atoms with E-state index < -0.39 is 14.3 Å². The Bertz CT molecular complexity index is 299. The molecule has 2 nitrogen and oxygen atoms in total. The monoisotopic (exact) mass is 308 g/mol. The second-order valence-corrected chi connectivity index (χ2v) is 15.3. The topological polar surface area (TPSA) is 34.1 Å². The van der Waals surface area contributed by atoms with E-state index in [0.717, 1.165) is 18.7 Å². The van der Waals surface area contributed by atoms with Crippen molar-refractivity contribution in [3.05, 3.63) is 0 Å². The van der Waals surface area contributed by atoms with Gasteiger partial charge in [-0.2, -0.15) is 0 Å². The zero-order valence-electron chi connectivity index (χ0n) is 14.1. The van der Waals surface area contributed by atoms with E-state index in [1.54, 1.807) is 0 Å². The Balaban J connectivity index is 4.75. The van der Waals surface area contributed by atoms with Crippen LogP contribution in [0.25, 0.3) is 0 Å². The molecule has 0 aliphatic carbocycles. The van der Waals surface area contributed by atoms with Crippen molar-refractivity contribution in [3.8, 4) is 0 Å². The molecule has 4 heteroatoms. The second-order valence-electron chi connectivity index (χ2n) is 6.88. The molecule has 0 atom stereocenters. The first-order valence-electron chi connectivity index (χ1n) is 7.65. The van der Waals surface area contributed by atoms with Crippen LogP contribution in [0, 0.1) is 0 Å². The van der Waals surface area contributed by atoms with Crippen molar-refractivity contribution >= 4 is 14.3 Å². The van der Waals surface area contributed by atoms with E-state index in [2.05, 4.69) is 55.4 Å². The Labute approximate surface area is 120 Å². The van der Waals surface area contributed by atoms with E-state index in [-0.39, 0.29) is 22.6 Å². The first-order valence-corrected chi connectivity index (χ1v) is 11.7. The van der Waals surface area contributed by atoms with E-state index in [4.69, 9.17) is 0 Å². The quantitative estimate of drug-likeness (QED) is 0.536. The van der Waals surface area contributed by atoms with E-state index in [0.29, 0.717) is 0 Å². The van der Waals surface area contributed by atoms with Gasteiger partial charge in [-0.25, -0.2) is 0 Å². The molecule has 0 heterocycles. The van der Waals surface area contributed by atoms with Gasteiger partial charge in [0.25, 0.3) is 0 Å². The lowest BCUT2D eigenvalue weighted by molar-refractivity contribution is 0.555. The molecule has 0 fully saturated rings. The standard InChI is InChI=1S/C15H34O2P2/c1-12(2)18(16,13(3)4)10-9-11-19(17,14(5)6)15(7)8/h12-15H,9-11H2,1-8H3. The SMILES string of the molecule is CC(C)P(=O)(CCCP(=O)(C(C)C)C(C)C)C(C)C. The molecule has 0 aliphatic heterocycles. The predicted molar refractivity (Wildman–Crippen MR) is 90.1 cm³/mol. The van der Waals surface area contributed by atoms with Gasteiger partial charge in [0, 0.05) is 35.0 Å². The van der Waals surface area contributed by atoms with E-state index in [1.165, 1.54) is 0 Å². The van der Waals surface area contributed by atoms with Crippen LogP contribution in [0.1, 0.15) is 61.8 Å². The third-order valence-corrected chi connectivity index (χ3v) is 13.5. The molecular formula is C15H34O2P2. The summed E-state index contributed by atoms with van der Waals surface area (Å²) in [6.45, 7) is 16.5. The molecule has 0 radical (unpaired) electrons. The van der Waals surface area contributed by atoms with Crippen LogP contribution in [-0.2, 0) is 9.13 Å². The summed E-state index contributed by atoms with van der Waals surface area (Å²) in [5, 5.41) is 0. The fraction of sp³-hybridized carbons (Fsp3) is 1.00. The summed E-state index contributed by atoms with van der Waals surface area (Å²) in [6, 6.07) is 0. The molecule has 0 rings (SSSR count). The van der Waals surface area contributed by atoms with E-state index in [1.807, 2.05) is 0 Å². The molecule has 0 spiro atoms. The van der Waals surface area contributed by atoms with Gasteiger partial charge in [-0.3, -0.25) is 0 Å². The van der Waals surface area contributed by atoms with Crippen molar-refractivity contribution in [3.63, 3.8) is 0 Å². The normalized spacial score (nSPS) is 14.1. The molecule has 0 saturated carbocycles. The maximum atomic E-state index is 12.9. The van der Waals surface area contributed by atoms with Crippen molar-refractivity contribution in [2.24, 2.45) is 0 Å². The van der Waals surface area contributed by atoms with Gasteiger partial charge in [0.05, 0.1) is 14.3 Å². The largest absolute Gasteiger partial charge is 0.323 e. The number of rotatable bonds is 8. The van der Waals surface area contributed by atoms with Crippen molar-refractivity contribution < 1.29 is 9.13 Å². The van der Waals surface area contributed by atoms with Gasteiger partial charge in [0.1, 0.15) is 0 Å². The number of hydrogen-bond donors (Lipinski definition) is 0. The minimum absolute atomic E-state index is 0.241. The molecule has 0 aromatic carbocycles. The highest BCUT2D eigenvalue weighted by Crippen LogP contribution is 2.59. The van der Waals surface area contributed by atoms with Gasteiger partial charge >= 0.3 is 0 Å². The van der Waals surface area contributed by atoms with Crippen molar-refractivity contribution in [1.29, 1.82) is 0 Å². The van der Waals surface area contributed by atoms with Crippen LogP contribution in [0.5, 0.6) is 0 Å². The molecule has 0 aromatic heterocycles. The minimum atomic E-state index is -2.13. The number of hydrogen-bond acceptors (Lipinski definition) is 2. The smallest absolute Gasteiger partial charge is 0.0925 e. The van der Waals surface area contributed by atoms with Gasteiger partial charge in [-0.1, -0.05) is 55.4 Å². The molecule has 0 amide bonds.